The zero-order valence-corrected chi connectivity index (χ0v) is 10.8. The summed E-state index contributed by atoms with van der Waals surface area (Å²) in [5, 5.41) is 3.90. The molecule has 1 rings (SSSR count). The van der Waals surface area contributed by atoms with Gasteiger partial charge < -0.3 is 9.80 Å². The molecule has 1 aliphatic heterocycles. The van der Waals surface area contributed by atoms with Crippen molar-refractivity contribution in [2.24, 2.45) is 5.14 Å². The molecule has 0 spiro atoms. The number of alkyl halides is 2. The van der Waals surface area contributed by atoms with E-state index in [0.29, 0.717) is 0 Å². The van der Waals surface area contributed by atoms with Crippen LogP contribution in [0.25, 0.3) is 0 Å². The molecule has 0 aromatic carbocycles. The highest BCUT2D eigenvalue weighted by Crippen LogP contribution is 2.04. The van der Waals surface area contributed by atoms with Crippen molar-refractivity contribution in [3.63, 3.8) is 0 Å². The highest BCUT2D eigenvalue weighted by molar-refractivity contribution is 7.89. The molecule has 0 aliphatic carbocycles. The SMILES string of the molecule is CCCCN1C=CN(C)C1.NS(=O)(=O)C(F)F. The van der Waals surface area contributed by atoms with Gasteiger partial charge in [-0.15, -0.1) is 0 Å². The Hall–Kier alpha value is -0.890. The van der Waals surface area contributed by atoms with E-state index in [1.807, 2.05) is 0 Å². The average Bonchev–Trinajstić information content (AvgIpc) is 2.60. The highest BCUT2D eigenvalue weighted by Gasteiger charge is 2.16. The molecule has 0 amide bonds. The first kappa shape index (κ1) is 16.1. The lowest BCUT2D eigenvalue weighted by Crippen LogP contribution is -2.23. The second-order valence-electron chi connectivity index (χ2n) is 3.71. The second-order valence-corrected chi connectivity index (χ2v) is 5.25. The number of primary sulfonamides is 1. The summed E-state index contributed by atoms with van der Waals surface area (Å²) in [5.41, 5.74) is 0. The summed E-state index contributed by atoms with van der Waals surface area (Å²) in [6.45, 7) is 4.50. The fraction of sp³-hybridized carbons (Fsp3) is 0.778. The van der Waals surface area contributed by atoms with Crippen molar-refractivity contribution in [3.05, 3.63) is 12.4 Å². The summed E-state index contributed by atoms with van der Waals surface area (Å²) in [6.07, 6.45) is 6.87. The van der Waals surface area contributed by atoms with Crippen LogP contribution in [-0.4, -0.2) is 44.2 Å². The molecule has 1 aliphatic rings. The van der Waals surface area contributed by atoms with Crippen molar-refractivity contribution in [1.29, 1.82) is 0 Å². The van der Waals surface area contributed by atoms with Gasteiger partial charge in [0.15, 0.2) is 0 Å². The Bertz CT molecular complexity index is 333. The van der Waals surface area contributed by atoms with E-state index in [4.69, 9.17) is 0 Å². The van der Waals surface area contributed by atoms with Gasteiger partial charge in [-0.1, -0.05) is 13.3 Å². The Kier molecular flexibility index (Phi) is 7.05. The molecule has 0 radical (unpaired) electrons. The van der Waals surface area contributed by atoms with Crippen LogP contribution in [0.3, 0.4) is 0 Å². The normalized spacial score (nSPS) is 15.2. The lowest BCUT2D eigenvalue weighted by atomic mass is 10.3. The van der Waals surface area contributed by atoms with Gasteiger partial charge in [0.2, 0.25) is 0 Å². The van der Waals surface area contributed by atoms with Gasteiger partial charge in [-0.05, 0) is 6.42 Å². The summed E-state index contributed by atoms with van der Waals surface area (Å²) in [4.78, 5) is 4.53. The predicted molar refractivity (Wildman–Crippen MR) is 62.5 cm³/mol. The molecule has 2 N–H and O–H groups in total. The van der Waals surface area contributed by atoms with E-state index in [-0.39, 0.29) is 0 Å². The number of rotatable bonds is 4. The third kappa shape index (κ3) is 7.92. The van der Waals surface area contributed by atoms with Gasteiger partial charge in [0.05, 0.1) is 6.67 Å². The number of nitrogens with two attached hydrogens (primary N) is 1. The third-order valence-electron chi connectivity index (χ3n) is 1.98. The first-order chi connectivity index (χ1) is 7.77. The largest absolute Gasteiger partial charge is 0.362 e. The van der Waals surface area contributed by atoms with Gasteiger partial charge in [-0.2, -0.15) is 8.78 Å². The molecule has 1 heterocycles. The van der Waals surface area contributed by atoms with Crippen molar-refractivity contribution in [2.75, 3.05) is 20.3 Å². The minimum Gasteiger partial charge on any atom is -0.362 e. The Labute approximate surface area is 101 Å². The smallest absolute Gasteiger partial charge is 0.350 e. The van der Waals surface area contributed by atoms with Gasteiger partial charge in [0.25, 0.3) is 10.0 Å². The Morgan fingerprint density at radius 3 is 2.24 bits per heavy atom. The minimum atomic E-state index is -4.57. The molecule has 8 heteroatoms. The summed E-state index contributed by atoms with van der Waals surface area (Å²) >= 11 is 0. The standard InChI is InChI=1S/C8H16N2.CH3F2NO2S/c1-3-4-5-10-7-6-9(2)8-10;2-1(3)7(4,5)6/h6-7H,3-5,8H2,1-2H3;1H,(H2,4,5,6). The van der Waals surface area contributed by atoms with Crippen LogP contribution in [0.15, 0.2) is 12.4 Å². The van der Waals surface area contributed by atoms with E-state index in [1.165, 1.54) is 19.4 Å². The van der Waals surface area contributed by atoms with Crippen LogP contribution in [-0.2, 0) is 10.0 Å². The van der Waals surface area contributed by atoms with Crippen LogP contribution in [0.1, 0.15) is 19.8 Å². The molecule has 0 unspecified atom stereocenters. The fourth-order valence-corrected chi connectivity index (χ4v) is 1.10. The van der Waals surface area contributed by atoms with Crippen LogP contribution in [0.2, 0.25) is 0 Å². The number of halogens is 2. The molecule has 0 aromatic rings. The van der Waals surface area contributed by atoms with E-state index in [2.05, 4.69) is 41.3 Å². The van der Waals surface area contributed by atoms with E-state index in [9.17, 15) is 17.2 Å². The molecular weight excluding hydrogens is 252 g/mol. The summed E-state index contributed by atoms with van der Waals surface area (Å²) < 4.78 is 40.4. The van der Waals surface area contributed by atoms with Crippen molar-refractivity contribution in [2.45, 2.75) is 25.5 Å². The number of hydrogen-bond donors (Lipinski definition) is 1. The first-order valence-electron chi connectivity index (χ1n) is 5.19. The maximum Gasteiger partial charge on any atom is 0.350 e. The highest BCUT2D eigenvalue weighted by atomic mass is 32.2. The molecule has 0 bridgehead atoms. The van der Waals surface area contributed by atoms with Gasteiger partial charge >= 0.3 is 5.76 Å². The lowest BCUT2D eigenvalue weighted by Gasteiger charge is -2.17. The molecular formula is C9H19F2N3O2S. The van der Waals surface area contributed by atoms with Gasteiger partial charge in [-0.25, -0.2) is 13.6 Å². The van der Waals surface area contributed by atoms with E-state index >= 15 is 0 Å². The topological polar surface area (TPSA) is 66.6 Å². The molecule has 0 atom stereocenters. The third-order valence-corrected chi connectivity index (χ3v) is 2.48. The molecule has 0 saturated carbocycles. The Balaban J connectivity index is 0.000000325. The van der Waals surface area contributed by atoms with Gasteiger partial charge in [0.1, 0.15) is 0 Å². The molecule has 0 fully saturated rings. The monoisotopic (exact) mass is 271 g/mol. The van der Waals surface area contributed by atoms with Crippen molar-refractivity contribution in [1.82, 2.24) is 9.80 Å². The maximum absolute atomic E-state index is 10.8. The van der Waals surface area contributed by atoms with E-state index in [0.717, 1.165) is 6.67 Å². The summed E-state index contributed by atoms with van der Waals surface area (Å²) in [7, 11) is -2.47. The van der Waals surface area contributed by atoms with E-state index < -0.39 is 15.8 Å². The average molecular weight is 271 g/mol. The quantitative estimate of drug-likeness (QED) is 0.827. The van der Waals surface area contributed by atoms with Crippen LogP contribution in [0.4, 0.5) is 8.78 Å². The van der Waals surface area contributed by atoms with Crippen molar-refractivity contribution in [3.8, 4) is 0 Å². The second kappa shape index (κ2) is 7.44. The minimum absolute atomic E-state index is 1.07. The van der Waals surface area contributed by atoms with Gasteiger partial charge in [-0.3, -0.25) is 0 Å². The number of hydrogen-bond acceptors (Lipinski definition) is 4. The summed E-state index contributed by atoms with van der Waals surface area (Å²) in [5.74, 6) is -3.45. The molecule has 102 valence electrons. The van der Waals surface area contributed by atoms with Crippen LogP contribution in [0.5, 0.6) is 0 Å². The fourth-order valence-electron chi connectivity index (χ4n) is 1.10. The van der Waals surface area contributed by atoms with Crippen LogP contribution < -0.4 is 5.14 Å². The first-order valence-corrected chi connectivity index (χ1v) is 6.80. The predicted octanol–water partition coefficient (Wildman–Crippen LogP) is 0.960. The number of sulfonamides is 1. The zero-order chi connectivity index (χ0) is 13.5. The van der Waals surface area contributed by atoms with Crippen LogP contribution >= 0.6 is 0 Å². The van der Waals surface area contributed by atoms with Crippen molar-refractivity contribution < 1.29 is 17.2 Å². The molecule has 17 heavy (non-hydrogen) atoms. The summed E-state index contributed by atoms with van der Waals surface area (Å²) in [6, 6.07) is 0. The molecule has 0 saturated heterocycles. The maximum atomic E-state index is 10.8. The zero-order valence-electron chi connectivity index (χ0n) is 10.0. The Morgan fingerprint density at radius 2 is 1.94 bits per heavy atom. The number of nitrogens with zero attached hydrogens (tertiary/aromatic N) is 2. The lowest BCUT2D eigenvalue weighted by molar-refractivity contribution is 0.235. The Morgan fingerprint density at radius 1 is 1.41 bits per heavy atom. The number of unbranched alkanes of at least 4 members (excludes halogenated alkanes) is 1. The van der Waals surface area contributed by atoms with E-state index in [1.54, 1.807) is 0 Å². The molecule has 0 aromatic heterocycles. The van der Waals surface area contributed by atoms with Crippen molar-refractivity contribution >= 4 is 10.0 Å². The molecule has 5 nitrogen and oxygen atoms in total. The van der Waals surface area contributed by atoms with Gasteiger partial charge in [0, 0.05) is 26.0 Å². The van der Waals surface area contributed by atoms with Crippen LogP contribution in [0, 0.1) is 0 Å².